The minimum absolute atomic E-state index is 0.215. The fourth-order valence-electron chi connectivity index (χ4n) is 1.61. The highest BCUT2D eigenvalue weighted by Crippen LogP contribution is 2.20. The third-order valence-electron chi connectivity index (χ3n) is 2.59. The molecule has 3 aromatic rings. The maximum absolute atomic E-state index is 10.3. The molecule has 1 aromatic carbocycles. The van der Waals surface area contributed by atoms with Crippen LogP contribution in [0.4, 0.5) is 0 Å². The van der Waals surface area contributed by atoms with Gasteiger partial charge in [-0.2, -0.15) is 4.73 Å². The van der Waals surface area contributed by atoms with Gasteiger partial charge in [0.2, 0.25) is 0 Å². The Morgan fingerprint density at radius 1 is 1.19 bits per heavy atom. The molecule has 0 aliphatic carbocycles. The van der Waals surface area contributed by atoms with Crippen LogP contribution in [0.15, 0.2) is 48.8 Å². The summed E-state index contributed by atoms with van der Waals surface area (Å²) in [5.74, 6) is -0.956. The number of nitrogens with zero attached hydrogens (tertiary/aromatic N) is 2. The van der Waals surface area contributed by atoms with Crippen LogP contribution in [0.25, 0.3) is 11.0 Å². The normalized spacial score (nSPS) is 10.0. The molecule has 0 saturated heterocycles. The zero-order valence-corrected chi connectivity index (χ0v) is 12.1. The van der Waals surface area contributed by atoms with Crippen LogP contribution >= 0.6 is 23.2 Å². The van der Waals surface area contributed by atoms with Crippen molar-refractivity contribution in [1.29, 1.82) is 0 Å². The summed E-state index contributed by atoms with van der Waals surface area (Å²) >= 11 is 11.3. The Kier molecular flexibility index (Phi) is 4.67. The van der Waals surface area contributed by atoms with Crippen LogP contribution in [0, 0.1) is 0 Å². The predicted molar refractivity (Wildman–Crippen MR) is 80.3 cm³/mol. The van der Waals surface area contributed by atoms with Crippen molar-refractivity contribution in [3.8, 4) is 0 Å². The maximum atomic E-state index is 10.3. The summed E-state index contributed by atoms with van der Waals surface area (Å²) in [4.78, 5) is 14.2. The lowest BCUT2D eigenvalue weighted by Gasteiger charge is -1.93. The first-order valence-corrected chi connectivity index (χ1v) is 6.54. The standard InChI is InChI=1S/C7H5ClN2O.C7H5ClO2/c8-6-1-3-9-7-5(6)2-4-10(7)11;8-6-3-1-2-5(4-6)7(9)10/h1-4,11H;1-4H,(H,9,10). The number of hydrogen-bond donors (Lipinski definition) is 2. The van der Waals surface area contributed by atoms with Gasteiger partial charge in [-0.3, -0.25) is 0 Å². The third kappa shape index (κ3) is 3.65. The molecule has 0 bridgehead atoms. The molecule has 0 atom stereocenters. The fourth-order valence-corrected chi connectivity index (χ4v) is 2.01. The lowest BCUT2D eigenvalue weighted by atomic mass is 10.2. The molecule has 0 saturated carbocycles. The van der Waals surface area contributed by atoms with Crippen molar-refractivity contribution in [2.75, 3.05) is 0 Å². The van der Waals surface area contributed by atoms with Crippen LogP contribution in [0.5, 0.6) is 0 Å². The van der Waals surface area contributed by atoms with Gasteiger partial charge in [0.25, 0.3) is 0 Å². The largest absolute Gasteiger partial charge is 0.478 e. The van der Waals surface area contributed by atoms with Gasteiger partial charge in [-0.1, -0.05) is 29.3 Å². The van der Waals surface area contributed by atoms with Gasteiger partial charge in [0.1, 0.15) is 0 Å². The second-order valence-electron chi connectivity index (χ2n) is 4.01. The minimum atomic E-state index is -0.956. The highest BCUT2D eigenvalue weighted by molar-refractivity contribution is 6.35. The van der Waals surface area contributed by atoms with Crippen LogP contribution in [-0.2, 0) is 0 Å². The third-order valence-corrected chi connectivity index (χ3v) is 3.15. The molecule has 108 valence electrons. The minimum Gasteiger partial charge on any atom is -0.478 e. The second-order valence-corrected chi connectivity index (χ2v) is 4.85. The predicted octanol–water partition coefficient (Wildman–Crippen LogP) is 3.97. The van der Waals surface area contributed by atoms with Gasteiger partial charge in [0, 0.05) is 22.8 Å². The molecule has 0 radical (unpaired) electrons. The molecule has 0 aliphatic heterocycles. The zero-order chi connectivity index (χ0) is 15.4. The first-order valence-electron chi connectivity index (χ1n) is 5.78. The molecule has 21 heavy (non-hydrogen) atoms. The number of carboxylic acids is 1. The number of aromatic carboxylic acids is 1. The fraction of sp³-hybridized carbons (Fsp3) is 0. The number of halogens is 2. The number of benzene rings is 1. The number of fused-ring (bicyclic) bond motifs is 1. The molecule has 0 unspecified atom stereocenters. The number of hydrogen-bond acceptors (Lipinski definition) is 3. The Morgan fingerprint density at radius 2 is 1.95 bits per heavy atom. The SMILES string of the molecule is O=C(O)c1cccc(Cl)c1.On1ccc2c(Cl)ccnc21. The molecule has 0 amide bonds. The molecule has 0 spiro atoms. The molecular formula is C14H10Cl2N2O3. The van der Waals surface area contributed by atoms with Crippen LogP contribution in [0.3, 0.4) is 0 Å². The molecule has 7 heteroatoms. The first-order chi connectivity index (χ1) is 9.99. The van der Waals surface area contributed by atoms with Crippen molar-refractivity contribution >= 4 is 40.2 Å². The zero-order valence-electron chi connectivity index (χ0n) is 10.6. The summed E-state index contributed by atoms with van der Waals surface area (Å²) in [6, 6.07) is 9.53. The highest BCUT2D eigenvalue weighted by atomic mass is 35.5. The van der Waals surface area contributed by atoms with Crippen LogP contribution < -0.4 is 0 Å². The van der Waals surface area contributed by atoms with Crippen molar-refractivity contribution in [2.24, 2.45) is 0 Å². The molecule has 0 aliphatic rings. The van der Waals surface area contributed by atoms with E-state index in [1.165, 1.54) is 18.3 Å². The lowest BCUT2D eigenvalue weighted by molar-refractivity contribution is 0.0697. The Hall–Kier alpha value is -2.24. The Bertz CT molecular complexity index is 787. The highest BCUT2D eigenvalue weighted by Gasteiger charge is 2.02. The van der Waals surface area contributed by atoms with Crippen molar-refractivity contribution < 1.29 is 15.1 Å². The molecule has 3 rings (SSSR count). The van der Waals surface area contributed by atoms with Gasteiger partial charge >= 0.3 is 5.97 Å². The van der Waals surface area contributed by atoms with E-state index >= 15 is 0 Å². The van der Waals surface area contributed by atoms with Crippen molar-refractivity contribution in [3.05, 3.63) is 64.4 Å². The van der Waals surface area contributed by atoms with Gasteiger partial charge in [-0.15, -0.1) is 0 Å². The quantitative estimate of drug-likeness (QED) is 0.664. The van der Waals surface area contributed by atoms with Gasteiger partial charge in [0.05, 0.1) is 10.6 Å². The number of pyridine rings is 1. The van der Waals surface area contributed by atoms with Crippen LogP contribution in [0.2, 0.25) is 10.0 Å². The molecule has 5 nitrogen and oxygen atoms in total. The summed E-state index contributed by atoms with van der Waals surface area (Å²) in [7, 11) is 0. The Morgan fingerprint density at radius 3 is 2.52 bits per heavy atom. The average Bonchev–Trinajstić information content (AvgIpc) is 2.83. The Labute approximate surface area is 129 Å². The molecule has 2 N–H and O–H groups in total. The molecular weight excluding hydrogens is 315 g/mol. The van der Waals surface area contributed by atoms with E-state index in [2.05, 4.69) is 4.98 Å². The number of carboxylic acid groups (broad SMARTS) is 1. The summed E-state index contributed by atoms with van der Waals surface area (Å²) in [6.07, 6.45) is 3.06. The number of aromatic nitrogens is 2. The smallest absolute Gasteiger partial charge is 0.335 e. The summed E-state index contributed by atoms with van der Waals surface area (Å²) in [5.41, 5.74) is 0.699. The van der Waals surface area contributed by atoms with Gasteiger partial charge in [-0.05, 0) is 30.3 Å². The summed E-state index contributed by atoms with van der Waals surface area (Å²) < 4.78 is 0.946. The second kappa shape index (κ2) is 6.47. The van der Waals surface area contributed by atoms with E-state index in [1.54, 1.807) is 30.5 Å². The van der Waals surface area contributed by atoms with E-state index in [0.717, 1.165) is 10.1 Å². The van der Waals surface area contributed by atoms with Gasteiger partial charge in [-0.25, -0.2) is 9.78 Å². The number of rotatable bonds is 1. The molecule has 2 aromatic heterocycles. The molecule has 0 fully saturated rings. The topological polar surface area (TPSA) is 75.3 Å². The first kappa shape index (κ1) is 15.2. The summed E-state index contributed by atoms with van der Waals surface area (Å²) in [5, 5.41) is 19.4. The van der Waals surface area contributed by atoms with E-state index in [1.807, 2.05) is 0 Å². The monoisotopic (exact) mass is 324 g/mol. The van der Waals surface area contributed by atoms with Crippen molar-refractivity contribution in [3.63, 3.8) is 0 Å². The van der Waals surface area contributed by atoms with Crippen molar-refractivity contribution in [2.45, 2.75) is 0 Å². The number of carbonyl (C=O) groups is 1. The average molecular weight is 325 g/mol. The Balaban J connectivity index is 0.000000155. The molecule has 2 heterocycles. The maximum Gasteiger partial charge on any atom is 0.335 e. The van der Waals surface area contributed by atoms with Crippen LogP contribution in [0.1, 0.15) is 10.4 Å². The van der Waals surface area contributed by atoms with E-state index in [-0.39, 0.29) is 5.56 Å². The van der Waals surface area contributed by atoms with E-state index < -0.39 is 5.97 Å². The van der Waals surface area contributed by atoms with E-state index in [9.17, 15) is 4.79 Å². The van der Waals surface area contributed by atoms with E-state index in [0.29, 0.717) is 15.7 Å². The lowest BCUT2D eigenvalue weighted by Crippen LogP contribution is -1.94. The van der Waals surface area contributed by atoms with E-state index in [4.69, 9.17) is 33.5 Å². The van der Waals surface area contributed by atoms with Crippen molar-refractivity contribution in [1.82, 2.24) is 9.71 Å². The van der Waals surface area contributed by atoms with Crippen LogP contribution in [-0.4, -0.2) is 26.0 Å². The van der Waals surface area contributed by atoms with Gasteiger partial charge in [0.15, 0.2) is 5.65 Å². The van der Waals surface area contributed by atoms with Gasteiger partial charge < -0.3 is 10.3 Å². The summed E-state index contributed by atoms with van der Waals surface area (Å²) in [6.45, 7) is 0.